The van der Waals surface area contributed by atoms with E-state index in [2.05, 4.69) is 27.4 Å². The minimum Gasteiger partial charge on any atom is -0.368 e. The van der Waals surface area contributed by atoms with E-state index in [1.165, 1.54) is 5.56 Å². The van der Waals surface area contributed by atoms with Crippen molar-refractivity contribution in [2.45, 2.75) is 25.0 Å². The minimum atomic E-state index is -0.212. The molecule has 3 heterocycles. The number of carbonyl (C=O) groups is 1. The largest absolute Gasteiger partial charge is 0.368 e. The van der Waals surface area contributed by atoms with E-state index in [0.29, 0.717) is 17.8 Å². The van der Waals surface area contributed by atoms with Gasteiger partial charge in [0.1, 0.15) is 5.52 Å². The standard InChI is InChI=1S/C20H19N3O2/c24-20(19-18-15(10-12-22-19)7-4-11-21-18)23-13-16-8-9-17(25-16)14-5-2-1-3-6-14/h1-7,10-12,16-17H,8-9,13H2,(H,23,24)/t16-,17-/m1/s1. The summed E-state index contributed by atoms with van der Waals surface area (Å²) in [7, 11) is 0. The number of nitrogens with one attached hydrogen (secondary N) is 1. The highest BCUT2D eigenvalue weighted by Gasteiger charge is 2.27. The molecule has 1 aromatic carbocycles. The Hall–Kier alpha value is -2.79. The van der Waals surface area contributed by atoms with Crippen molar-refractivity contribution in [2.75, 3.05) is 6.54 Å². The SMILES string of the molecule is O=C(NC[C@H]1CC[C@H](c2ccccc2)O1)c1nccc2cccnc12. The lowest BCUT2D eigenvalue weighted by Crippen LogP contribution is -2.32. The first kappa shape index (κ1) is 15.7. The van der Waals surface area contributed by atoms with Crippen LogP contribution in [0.4, 0.5) is 0 Å². The lowest BCUT2D eigenvalue weighted by atomic mass is 10.1. The van der Waals surface area contributed by atoms with Crippen LogP contribution in [0.2, 0.25) is 0 Å². The van der Waals surface area contributed by atoms with E-state index < -0.39 is 0 Å². The van der Waals surface area contributed by atoms with Gasteiger partial charge in [0, 0.05) is 24.3 Å². The third-order valence-electron chi connectivity index (χ3n) is 4.51. The second-order valence-electron chi connectivity index (χ2n) is 6.18. The first-order chi connectivity index (χ1) is 12.3. The Balaban J connectivity index is 1.39. The van der Waals surface area contributed by atoms with Gasteiger partial charge in [-0.3, -0.25) is 9.78 Å². The molecule has 0 aliphatic carbocycles. The smallest absolute Gasteiger partial charge is 0.272 e. The quantitative estimate of drug-likeness (QED) is 0.796. The lowest BCUT2D eigenvalue weighted by Gasteiger charge is -2.15. The van der Waals surface area contributed by atoms with Crippen molar-refractivity contribution in [3.8, 4) is 0 Å². The van der Waals surface area contributed by atoms with E-state index in [1.54, 1.807) is 12.4 Å². The van der Waals surface area contributed by atoms with Gasteiger partial charge in [-0.1, -0.05) is 36.4 Å². The van der Waals surface area contributed by atoms with Gasteiger partial charge < -0.3 is 10.1 Å². The summed E-state index contributed by atoms with van der Waals surface area (Å²) in [5.41, 5.74) is 2.17. The number of aromatic nitrogens is 2. The van der Waals surface area contributed by atoms with Gasteiger partial charge in [-0.15, -0.1) is 0 Å². The van der Waals surface area contributed by atoms with Crippen LogP contribution in [0.25, 0.3) is 10.9 Å². The van der Waals surface area contributed by atoms with Crippen LogP contribution in [0.3, 0.4) is 0 Å². The molecule has 25 heavy (non-hydrogen) atoms. The van der Waals surface area contributed by atoms with Gasteiger partial charge in [-0.05, 0) is 30.5 Å². The summed E-state index contributed by atoms with van der Waals surface area (Å²) in [4.78, 5) is 21.0. The second kappa shape index (κ2) is 6.99. The van der Waals surface area contributed by atoms with Gasteiger partial charge in [-0.2, -0.15) is 0 Å². The van der Waals surface area contributed by atoms with Gasteiger partial charge in [0.25, 0.3) is 5.91 Å². The number of pyridine rings is 2. The van der Waals surface area contributed by atoms with Gasteiger partial charge >= 0.3 is 0 Å². The summed E-state index contributed by atoms with van der Waals surface area (Å²) in [6.07, 6.45) is 5.35. The summed E-state index contributed by atoms with van der Waals surface area (Å²) in [6, 6.07) is 15.8. The fourth-order valence-corrected chi connectivity index (χ4v) is 3.23. The van der Waals surface area contributed by atoms with Crippen LogP contribution in [-0.2, 0) is 4.74 Å². The van der Waals surface area contributed by atoms with Gasteiger partial charge in [0.15, 0.2) is 5.69 Å². The Morgan fingerprint density at radius 2 is 1.92 bits per heavy atom. The van der Waals surface area contributed by atoms with E-state index >= 15 is 0 Å². The molecule has 0 saturated carbocycles. The average Bonchev–Trinajstić information content (AvgIpc) is 3.15. The van der Waals surface area contributed by atoms with Crippen LogP contribution in [0.5, 0.6) is 0 Å². The Morgan fingerprint density at radius 3 is 2.80 bits per heavy atom. The molecule has 2 atom stereocenters. The summed E-state index contributed by atoms with van der Waals surface area (Å²) in [5.74, 6) is -0.212. The van der Waals surface area contributed by atoms with Crippen molar-refractivity contribution in [1.82, 2.24) is 15.3 Å². The van der Waals surface area contributed by atoms with Crippen molar-refractivity contribution in [1.29, 1.82) is 0 Å². The topological polar surface area (TPSA) is 64.1 Å². The Bertz CT molecular complexity index is 877. The fraction of sp³-hybridized carbons (Fsp3) is 0.250. The normalized spacial score (nSPS) is 19.8. The van der Waals surface area contributed by atoms with Crippen molar-refractivity contribution in [3.05, 3.63) is 72.2 Å². The molecule has 126 valence electrons. The number of nitrogens with zero attached hydrogens (tertiary/aromatic N) is 2. The number of fused-ring (bicyclic) bond motifs is 1. The monoisotopic (exact) mass is 333 g/mol. The third-order valence-corrected chi connectivity index (χ3v) is 4.51. The number of rotatable bonds is 4. The summed E-state index contributed by atoms with van der Waals surface area (Å²) < 4.78 is 6.07. The first-order valence-corrected chi connectivity index (χ1v) is 8.49. The van der Waals surface area contributed by atoms with Gasteiger partial charge in [0.2, 0.25) is 0 Å². The molecule has 3 aromatic rings. The van der Waals surface area contributed by atoms with Crippen molar-refractivity contribution in [3.63, 3.8) is 0 Å². The highest BCUT2D eigenvalue weighted by molar-refractivity contribution is 6.03. The maximum Gasteiger partial charge on any atom is 0.272 e. The predicted molar refractivity (Wildman–Crippen MR) is 95.2 cm³/mol. The lowest BCUT2D eigenvalue weighted by molar-refractivity contribution is 0.0435. The zero-order chi connectivity index (χ0) is 17.1. The molecule has 1 aliphatic rings. The molecule has 2 aromatic heterocycles. The molecule has 0 bridgehead atoms. The zero-order valence-corrected chi connectivity index (χ0v) is 13.8. The summed E-state index contributed by atoms with van der Waals surface area (Å²) in [6.45, 7) is 0.479. The van der Waals surface area contributed by atoms with Crippen LogP contribution < -0.4 is 5.32 Å². The highest BCUT2D eigenvalue weighted by Crippen LogP contribution is 2.32. The molecular weight excluding hydrogens is 314 g/mol. The maximum atomic E-state index is 12.5. The summed E-state index contributed by atoms with van der Waals surface area (Å²) >= 11 is 0. The van der Waals surface area contributed by atoms with Crippen LogP contribution in [-0.4, -0.2) is 28.5 Å². The second-order valence-corrected chi connectivity index (χ2v) is 6.18. The van der Waals surface area contributed by atoms with Crippen LogP contribution in [0, 0.1) is 0 Å². The van der Waals surface area contributed by atoms with Crippen LogP contribution >= 0.6 is 0 Å². The highest BCUT2D eigenvalue weighted by atomic mass is 16.5. The molecule has 4 rings (SSSR count). The number of benzene rings is 1. The van der Waals surface area contributed by atoms with E-state index in [1.807, 2.05) is 36.4 Å². The molecule has 1 saturated heterocycles. The van der Waals surface area contributed by atoms with E-state index in [-0.39, 0.29) is 18.1 Å². The molecular formula is C20H19N3O2. The predicted octanol–water partition coefficient (Wildman–Crippen LogP) is 3.28. The van der Waals surface area contributed by atoms with E-state index in [9.17, 15) is 4.79 Å². The zero-order valence-electron chi connectivity index (χ0n) is 13.8. The van der Waals surface area contributed by atoms with Crippen molar-refractivity contribution < 1.29 is 9.53 Å². The number of hydrogen-bond donors (Lipinski definition) is 1. The third kappa shape index (κ3) is 3.37. The van der Waals surface area contributed by atoms with Crippen molar-refractivity contribution in [2.24, 2.45) is 0 Å². The molecule has 0 spiro atoms. The summed E-state index contributed by atoms with van der Waals surface area (Å²) in [5, 5.41) is 3.85. The number of ether oxygens (including phenoxy) is 1. The van der Waals surface area contributed by atoms with E-state index in [4.69, 9.17) is 4.74 Å². The van der Waals surface area contributed by atoms with Crippen LogP contribution in [0.1, 0.15) is 35.0 Å². The minimum absolute atomic E-state index is 0.0251. The Morgan fingerprint density at radius 1 is 1.04 bits per heavy atom. The first-order valence-electron chi connectivity index (χ1n) is 8.49. The molecule has 0 radical (unpaired) electrons. The number of hydrogen-bond acceptors (Lipinski definition) is 4. The average molecular weight is 333 g/mol. The molecule has 5 heteroatoms. The van der Waals surface area contributed by atoms with Gasteiger partial charge in [-0.25, -0.2) is 4.98 Å². The van der Waals surface area contributed by atoms with Crippen LogP contribution in [0.15, 0.2) is 60.9 Å². The molecule has 5 nitrogen and oxygen atoms in total. The fourth-order valence-electron chi connectivity index (χ4n) is 3.23. The van der Waals surface area contributed by atoms with Gasteiger partial charge in [0.05, 0.1) is 12.2 Å². The molecule has 1 fully saturated rings. The Kier molecular flexibility index (Phi) is 4.39. The molecule has 0 unspecified atom stereocenters. The molecule has 1 aliphatic heterocycles. The molecule has 1 N–H and O–H groups in total. The molecule has 1 amide bonds. The number of amides is 1. The van der Waals surface area contributed by atoms with E-state index in [0.717, 1.165) is 18.2 Å². The number of carbonyl (C=O) groups excluding carboxylic acids is 1. The van der Waals surface area contributed by atoms with Crippen molar-refractivity contribution >= 4 is 16.8 Å². The maximum absolute atomic E-state index is 12.5. The Labute approximate surface area is 146 Å².